The van der Waals surface area contributed by atoms with Crippen LogP contribution >= 0.6 is 0 Å². The topological polar surface area (TPSA) is 107 Å². The molecule has 0 aliphatic carbocycles. The van der Waals surface area contributed by atoms with Gasteiger partial charge in [-0.15, -0.1) is 0 Å². The fraction of sp³-hybridized carbons (Fsp3) is 0.312. The number of esters is 1. The van der Waals surface area contributed by atoms with Crippen molar-refractivity contribution >= 4 is 42.1 Å². The quantitative estimate of drug-likeness (QED) is 0.241. The maximum absolute atomic E-state index is 11.9. The van der Waals surface area contributed by atoms with Gasteiger partial charge in [0.05, 0.1) is 0 Å². The molecule has 1 aromatic carbocycles. The molecule has 0 amide bonds. The van der Waals surface area contributed by atoms with Gasteiger partial charge in [0.1, 0.15) is 0 Å². The van der Waals surface area contributed by atoms with Gasteiger partial charge in [0, 0.05) is 0 Å². The third-order valence-electron chi connectivity index (χ3n) is 3.71. The summed E-state index contributed by atoms with van der Waals surface area (Å²) in [6.45, 7) is 2.71. The molecule has 1 aromatic heterocycles. The zero-order chi connectivity index (χ0) is 18.5. The molecule has 1 aliphatic heterocycles. The zero-order valence-electron chi connectivity index (χ0n) is 14.0. The number of nitro groups is 1. The van der Waals surface area contributed by atoms with Crippen molar-refractivity contribution in [1.82, 2.24) is 0 Å². The molecule has 1 aliphatic rings. The zero-order valence-corrected chi connectivity index (χ0v) is 15.7. The SMILES string of the molecule is COC(=O)c1cc(N=Nc2ccc([N+](=O)[O-])cc2)c(N2CCOCC2)[se]1. The molecule has 0 radical (unpaired) electrons. The van der Waals surface area contributed by atoms with Crippen molar-refractivity contribution in [1.29, 1.82) is 0 Å². The number of ether oxygens (including phenoxy) is 2. The Morgan fingerprint density at radius 3 is 2.58 bits per heavy atom. The Labute approximate surface area is 155 Å². The number of rotatable bonds is 5. The van der Waals surface area contributed by atoms with E-state index >= 15 is 0 Å². The first-order chi connectivity index (χ1) is 12.6. The summed E-state index contributed by atoms with van der Waals surface area (Å²) in [5.74, 6) is -0.365. The molecule has 2 heterocycles. The normalized spacial score (nSPS) is 14.6. The summed E-state index contributed by atoms with van der Waals surface area (Å²) in [6, 6.07) is 7.51. The van der Waals surface area contributed by atoms with Crippen LogP contribution in [0.5, 0.6) is 0 Å². The molecule has 0 spiro atoms. The first-order valence-electron chi connectivity index (χ1n) is 7.79. The van der Waals surface area contributed by atoms with Gasteiger partial charge in [-0.2, -0.15) is 0 Å². The van der Waals surface area contributed by atoms with Gasteiger partial charge in [0.15, 0.2) is 0 Å². The predicted molar refractivity (Wildman–Crippen MR) is 95.0 cm³/mol. The minimum atomic E-state index is -0.467. The molecular formula is C16H16N4O5Se. The van der Waals surface area contributed by atoms with E-state index in [1.165, 1.54) is 31.4 Å². The van der Waals surface area contributed by atoms with Crippen molar-refractivity contribution in [3.05, 3.63) is 44.9 Å². The van der Waals surface area contributed by atoms with Crippen molar-refractivity contribution in [3.63, 3.8) is 0 Å². The van der Waals surface area contributed by atoms with Crippen LogP contribution in [0.3, 0.4) is 0 Å². The Morgan fingerprint density at radius 1 is 1.27 bits per heavy atom. The van der Waals surface area contributed by atoms with E-state index in [-0.39, 0.29) is 26.2 Å². The number of nitro benzene ring substituents is 1. The number of non-ortho nitro benzene ring substituents is 1. The second-order valence-corrected chi connectivity index (χ2v) is 7.53. The number of benzene rings is 1. The number of carbonyl (C=O) groups is 1. The number of hydrogen-bond acceptors (Lipinski definition) is 8. The van der Waals surface area contributed by atoms with Crippen LogP contribution < -0.4 is 4.90 Å². The number of morpholine rings is 1. The molecule has 1 saturated heterocycles. The van der Waals surface area contributed by atoms with Crippen LogP contribution in [0.15, 0.2) is 40.6 Å². The number of nitrogens with zero attached hydrogens (tertiary/aromatic N) is 4. The van der Waals surface area contributed by atoms with Gasteiger partial charge in [-0.3, -0.25) is 0 Å². The van der Waals surface area contributed by atoms with Crippen molar-refractivity contribution in [2.45, 2.75) is 0 Å². The summed E-state index contributed by atoms with van der Waals surface area (Å²) in [6.07, 6.45) is 0. The van der Waals surface area contributed by atoms with Crippen molar-refractivity contribution in [2.75, 3.05) is 38.3 Å². The molecule has 26 heavy (non-hydrogen) atoms. The standard InChI is InChI=1S/C16H16N4O5Se/c1-24-16(21)14-10-13(15(26-14)19-6-8-25-9-7-19)18-17-11-2-4-12(5-3-11)20(22)23/h2-5,10H,6-9H2,1H3. The summed E-state index contributed by atoms with van der Waals surface area (Å²) in [5.41, 5.74) is 1.11. The molecule has 3 rings (SSSR count). The number of anilines is 1. The van der Waals surface area contributed by atoms with E-state index < -0.39 is 4.92 Å². The first kappa shape index (κ1) is 18.2. The fourth-order valence-corrected chi connectivity index (χ4v) is 4.62. The van der Waals surface area contributed by atoms with Gasteiger partial charge < -0.3 is 0 Å². The molecule has 136 valence electrons. The van der Waals surface area contributed by atoms with Gasteiger partial charge in [-0.05, 0) is 0 Å². The van der Waals surface area contributed by atoms with Crippen LogP contribution in [0.2, 0.25) is 0 Å². The van der Waals surface area contributed by atoms with Gasteiger partial charge in [0.2, 0.25) is 0 Å². The predicted octanol–water partition coefficient (Wildman–Crippen LogP) is 2.69. The average Bonchev–Trinajstić information content (AvgIpc) is 3.11. The van der Waals surface area contributed by atoms with E-state index in [2.05, 4.69) is 15.1 Å². The van der Waals surface area contributed by atoms with Crippen molar-refractivity contribution in [3.8, 4) is 0 Å². The molecule has 9 nitrogen and oxygen atoms in total. The third kappa shape index (κ3) is 4.16. The Bertz CT molecular complexity index is 828. The van der Waals surface area contributed by atoms with Crippen molar-refractivity contribution in [2.24, 2.45) is 10.2 Å². The molecule has 0 saturated carbocycles. The third-order valence-corrected chi connectivity index (χ3v) is 6.16. The van der Waals surface area contributed by atoms with E-state index in [0.717, 1.165) is 17.7 Å². The number of carbonyl (C=O) groups excluding carboxylic acids is 1. The molecule has 0 unspecified atom stereocenters. The monoisotopic (exact) mass is 424 g/mol. The van der Waals surface area contributed by atoms with Gasteiger partial charge in [0.25, 0.3) is 0 Å². The van der Waals surface area contributed by atoms with Crippen LogP contribution in [0.25, 0.3) is 0 Å². The molecule has 10 heteroatoms. The maximum atomic E-state index is 11.9. The summed E-state index contributed by atoms with van der Waals surface area (Å²) in [7, 11) is 1.35. The Balaban J connectivity index is 1.88. The van der Waals surface area contributed by atoms with E-state index in [9.17, 15) is 14.9 Å². The van der Waals surface area contributed by atoms with Gasteiger partial charge in [-0.25, -0.2) is 0 Å². The van der Waals surface area contributed by atoms with Crippen LogP contribution in [0, 0.1) is 10.1 Å². The second kappa shape index (κ2) is 8.22. The molecule has 0 bridgehead atoms. The van der Waals surface area contributed by atoms with Crippen LogP contribution in [-0.4, -0.2) is 58.8 Å². The van der Waals surface area contributed by atoms with Crippen molar-refractivity contribution < 1.29 is 19.2 Å². The molecular weight excluding hydrogens is 407 g/mol. The Hall–Kier alpha value is -2.55. The van der Waals surface area contributed by atoms with E-state index in [1.807, 2.05) is 0 Å². The minimum absolute atomic E-state index is 0.00533. The average molecular weight is 423 g/mol. The van der Waals surface area contributed by atoms with Crippen LogP contribution in [0.4, 0.5) is 21.6 Å². The molecule has 2 aromatic rings. The number of azo groups is 1. The molecule has 1 fully saturated rings. The molecule has 0 N–H and O–H groups in total. The summed E-state index contributed by atoms with van der Waals surface area (Å²) in [4.78, 5) is 24.3. The number of methoxy groups -OCH3 is 1. The van der Waals surface area contributed by atoms with E-state index in [4.69, 9.17) is 9.47 Å². The first-order valence-corrected chi connectivity index (χ1v) is 9.51. The van der Waals surface area contributed by atoms with Crippen LogP contribution in [0.1, 0.15) is 9.23 Å². The summed E-state index contributed by atoms with van der Waals surface area (Å²) in [5, 5.41) is 19.1. The Morgan fingerprint density at radius 2 is 1.96 bits per heavy atom. The summed E-state index contributed by atoms with van der Waals surface area (Å²) >= 11 is -0.214. The molecule has 0 atom stereocenters. The van der Waals surface area contributed by atoms with Gasteiger partial charge >= 0.3 is 155 Å². The van der Waals surface area contributed by atoms with E-state index in [0.29, 0.717) is 29.0 Å². The van der Waals surface area contributed by atoms with Gasteiger partial charge in [-0.1, -0.05) is 0 Å². The second-order valence-electron chi connectivity index (χ2n) is 5.37. The van der Waals surface area contributed by atoms with E-state index in [1.54, 1.807) is 6.07 Å². The fourth-order valence-electron chi connectivity index (χ4n) is 2.39. The summed E-state index contributed by atoms with van der Waals surface area (Å²) < 4.78 is 11.7. The Kier molecular flexibility index (Phi) is 5.77. The van der Waals surface area contributed by atoms with Crippen LogP contribution in [-0.2, 0) is 9.47 Å². The number of hydrogen-bond donors (Lipinski definition) is 0.